The Morgan fingerprint density at radius 3 is 2.48 bits per heavy atom. The number of rotatable bonds is 4. The van der Waals surface area contributed by atoms with E-state index in [1.54, 1.807) is 6.07 Å². The summed E-state index contributed by atoms with van der Waals surface area (Å²) in [5.74, 6) is 0.203. The van der Waals surface area contributed by atoms with E-state index in [2.05, 4.69) is 10.0 Å². The van der Waals surface area contributed by atoms with Crippen LogP contribution in [0.15, 0.2) is 23.1 Å². The van der Waals surface area contributed by atoms with Gasteiger partial charge < -0.3 is 11.1 Å². The molecule has 1 aliphatic heterocycles. The van der Waals surface area contributed by atoms with Gasteiger partial charge in [-0.05, 0) is 38.6 Å². The zero-order valence-corrected chi connectivity index (χ0v) is 13.5. The van der Waals surface area contributed by atoms with Crippen molar-refractivity contribution in [3.05, 3.63) is 18.2 Å². The number of nitrogen functional groups attached to an aromatic ring is 1. The van der Waals surface area contributed by atoms with Crippen LogP contribution in [-0.4, -0.2) is 40.9 Å². The lowest BCUT2D eigenvalue weighted by atomic mass is 10.0. The van der Waals surface area contributed by atoms with Gasteiger partial charge in [-0.1, -0.05) is 0 Å². The van der Waals surface area contributed by atoms with E-state index >= 15 is 0 Å². The Hall–Kier alpha value is -1.32. The van der Waals surface area contributed by atoms with Crippen LogP contribution >= 0.6 is 0 Å². The van der Waals surface area contributed by atoms with Gasteiger partial charge in [0.1, 0.15) is 4.90 Å². The van der Waals surface area contributed by atoms with Crippen molar-refractivity contribution < 1.29 is 16.8 Å². The molecular formula is C12H19N3O4S2. The molecule has 1 atom stereocenters. The summed E-state index contributed by atoms with van der Waals surface area (Å²) in [4.78, 5) is -0.000235. The molecule has 9 heteroatoms. The maximum absolute atomic E-state index is 11.7. The summed E-state index contributed by atoms with van der Waals surface area (Å²) in [5.41, 5.74) is 5.92. The number of hydrogen-bond acceptors (Lipinski definition) is 6. The van der Waals surface area contributed by atoms with Crippen LogP contribution in [-0.2, 0) is 19.9 Å². The summed E-state index contributed by atoms with van der Waals surface area (Å²) in [5, 5.41) is 3.14. The van der Waals surface area contributed by atoms with E-state index in [1.165, 1.54) is 19.2 Å². The molecule has 1 aromatic rings. The SMILES string of the molecule is CNS(=O)(=O)c1ccc(NC2(C)CCS(=O)(=O)C2)cc1N. The highest BCUT2D eigenvalue weighted by Gasteiger charge is 2.38. The van der Waals surface area contributed by atoms with Crippen LogP contribution in [0.25, 0.3) is 0 Å². The second kappa shape index (κ2) is 5.15. The predicted octanol–water partition coefficient (Wildman–Crippen LogP) is 0.166. The van der Waals surface area contributed by atoms with Crippen molar-refractivity contribution >= 4 is 31.2 Å². The molecule has 0 aromatic heterocycles. The summed E-state index contributed by atoms with van der Waals surface area (Å²) < 4.78 is 48.8. The van der Waals surface area contributed by atoms with E-state index < -0.39 is 25.4 Å². The molecule has 7 nitrogen and oxygen atoms in total. The second-order valence-electron chi connectivity index (χ2n) is 5.49. The average Bonchev–Trinajstić information content (AvgIpc) is 2.63. The largest absolute Gasteiger partial charge is 0.398 e. The number of hydrogen-bond donors (Lipinski definition) is 3. The topological polar surface area (TPSA) is 118 Å². The Morgan fingerprint density at radius 2 is 2.00 bits per heavy atom. The van der Waals surface area contributed by atoms with Crippen LogP contribution in [0.5, 0.6) is 0 Å². The third-order valence-corrected chi connectivity index (χ3v) is 6.91. The minimum absolute atomic E-state index is 0.000235. The predicted molar refractivity (Wildman–Crippen MR) is 82.4 cm³/mol. The molecule has 118 valence electrons. The van der Waals surface area contributed by atoms with Crippen molar-refractivity contribution in [3.8, 4) is 0 Å². The Labute approximate surface area is 124 Å². The van der Waals surface area contributed by atoms with Gasteiger partial charge in [-0.15, -0.1) is 0 Å². The summed E-state index contributed by atoms with van der Waals surface area (Å²) >= 11 is 0. The molecule has 4 N–H and O–H groups in total. The lowest BCUT2D eigenvalue weighted by molar-refractivity contribution is 0.574. The quantitative estimate of drug-likeness (QED) is 0.676. The normalized spacial score (nSPS) is 24.9. The molecule has 0 spiro atoms. The summed E-state index contributed by atoms with van der Waals surface area (Å²) in [7, 11) is -5.31. The Bertz CT molecular complexity index is 759. The van der Waals surface area contributed by atoms with Crippen molar-refractivity contribution in [3.63, 3.8) is 0 Å². The van der Waals surface area contributed by atoms with Crippen molar-refractivity contribution in [1.82, 2.24) is 4.72 Å². The van der Waals surface area contributed by atoms with Crippen molar-refractivity contribution in [2.24, 2.45) is 0 Å². The molecule has 0 amide bonds. The van der Waals surface area contributed by atoms with E-state index in [0.29, 0.717) is 12.1 Å². The Kier molecular flexibility index (Phi) is 3.94. The van der Waals surface area contributed by atoms with Crippen LogP contribution in [0.3, 0.4) is 0 Å². The number of nitrogens with one attached hydrogen (secondary N) is 2. The molecule has 1 fully saturated rings. The third kappa shape index (κ3) is 3.47. The zero-order valence-electron chi connectivity index (χ0n) is 11.9. The first-order valence-electron chi connectivity index (χ1n) is 6.39. The third-order valence-electron chi connectivity index (χ3n) is 3.52. The highest BCUT2D eigenvalue weighted by atomic mass is 32.2. The highest BCUT2D eigenvalue weighted by molar-refractivity contribution is 7.91. The molecule has 1 unspecified atom stereocenters. The van der Waals surface area contributed by atoms with Gasteiger partial charge >= 0.3 is 0 Å². The summed E-state index contributed by atoms with van der Waals surface area (Å²) in [6.45, 7) is 1.83. The summed E-state index contributed by atoms with van der Waals surface area (Å²) in [6, 6.07) is 4.48. The van der Waals surface area contributed by atoms with Gasteiger partial charge in [0, 0.05) is 11.2 Å². The monoisotopic (exact) mass is 333 g/mol. The Morgan fingerprint density at radius 1 is 1.33 bits per heavy atom. The van der Waals surface area contributed by atoms with Crippen LogP contribution in [0.1, 0.15) is 13.3 Å². The number of sulfonamides is 1. The molecule has 0 radical (unpaired) electrons. The highest BCUT2D eigenvalue weighted by Crippen LogP contribution is 2.29. The van der Waals surface area contributed by atoms with Gasteiger partial charge in [-0.2, -0.15) is 0 Å². The molecule has 0 saturated carbocycles. The first-order valence-corrected chi connectivity index (χ1v) is 9.69. The van der Waals surface area contributed by atoms with Crippen LogP contribution in [0.2, 0.25) is 0 Å². The number of nitrogens with two attached hydrogens (primary N) is 1. The molecule has 1 heterocycles. The molecule has 21 heavy (non-hydrogen) atoms. The molecule has 1 saturated heterocycles. The molecule has 0 aliphatic carbocycles. The molecular weight excluding hydrogens is 314 g/mol. The fourth-order valence-electron chi connectivity index (χ4n) is 2.44. The minimum atomic E-state index is -3.61. The fraction of sp³-hybridized carbons (Fsp3) is 0.500. The van der Waals surface area contributed by atoms with Crippen molar-refractivity contribution in [1.29, 1.82) is 0 Å². The molecule has 1 aromatic carbocycles. The number of benzene rings is 1. The minimum Gasteiger partial charge on any atom is -0.398 e. The van der Waals surface area contributed by atoms with E-state index in [1.807, 2.05) is 6.92 Å². The van der Waals surface area contributed by atoms with Crippen LogP contribution < -0.4 is 15.8 Å². The van der Waals surface area contributed by atoms with E-state index in [9.17, 15) is 16.8 Å². The average molecular weight is 333 g/mol. The number of sulfone groups is 1. The van der Waals surface area contributed by atoms with Gasteiger partial charge in [-0.3, -0.25) is 0 Å². The van der Waals surface area contributed by atoms with Gasteiger partial charge in [-0.25, -0.2) is 21.6 Å². The van der Waals surface area contributed by atoms with Gasteiger partial charge in [0.15, 0.2) is 9.84 Å². The van der Waals surface area contributed by atoms with E-state index in [0.717, 1.165) is 0 Å². The number of anilines is 2. The zero-order chi connectivity index (χ0) is 15.9. The van der Waals surface area contributed by atoms with Crippen LogP contribution in [0.4, 0.5) is 11.4 Å². The van der Waals surface area contributed by atoms with Crippen molar-refractivity contribution in [2.75, 3.05) is 29.6 Å². The fourth-order valence-corrected chi connectivity index (χ4v) is 5.37. The second-order valence-corrected chi connectivity index (χ2v) is 9.53. The first-order chi connectivity index (χ1) is 9.57. The maximum atomic E-state index is 11.7. The van der Waals surface area contributed by atoms with Gasteiger partial charge in [0.25, 0.3) is 0 Å². The van der Waals surface area contributed by atoms with Crippen LogP contribution in [0, 0.1) is 0 Å². The standard InChI is InChI=1S/C12H19N3O4S2/c1-12(5-6-20(16,17)8-12)15-9-3-4-11(10(13)7-9)21(18,19)14-2/h3-4,7,14-15H,5-6,8,13H2,1-2H3. The summed E-state index contributed by atoms with van der Waals surface area (Å²) in [6.07, 6.45) is 0.506. The van der Waals surface area contributed by atoms with E-state index in [-0.39, 0.29) is 22.1 Å². The molecule has 2 rings (SSSR count). The molecule has 1 aliphatic rings. The first kappa shape index (κ1) is 16.1. The van der Waals surface area contributed by atoms with E-state index in [4.69, 9.17) is 5.73 Å². The van der Waals surface area contributed by atoms with Crippen molar-refractivity contribution in [2.45, 2.75) is 23.8 Å². The lowest BCUT2D eigenvalue weighted by Crippen LogP contribution is -2.35. The lowest BCUT2D eigenvalue weighted by Gasteiger charge is -2.25. The maximum Gasteiger partial charge on any atom is 0.242 e. The Balaban J connectivity index is 2.26. The van der Waals surface area contributed by atoms with Gasteiger partial charge in [0.05, 0.1) is 17.2 Å². The molecule has 0 bridgehead atoms. The van der Waals surface area contributed by atoms with Gasteiger partial charge in [0.2, 0.25) is 10.0 Å². The smallest absolute Gasteiger partial charge is 0.242 e.